The summed E-state index contributed by atoms with van der Waals surface area (Å²) in [4.78, 5) is 0. The van der Waals surface area contributed by atoms with Gasteiger partial charge in [0, 0.05) is 28.7 Å². The van der Waals surface area contributed by atoms with Crippen LogP contribution in [-0.2, 0) is 0 Å². The Hall–Kier alpha value is 0.400. The summed E-state index contributed by atoms with van der Waals surface area (Å²) in [5, 5.41) is 3.26. The van der Waals surface area contributed by atoms with Crippen molar-refractivity contribution in [3.63, 3.8) is 0 Å². The lowest BCUT2D eigenvalue weighted by Gasteiger charge is -2.15. The largest absolute Gasteiger partial charge is 0.317 e. The molecule has 0 aromatic carbocycles. The smallest absolute Gasteiger partial charge is 0.0117 e. The molecule has 10 heavy (non-hydrogen) atoms. The second-order valence-electron chi connectivity index (χ2n) is 2.51. The van der Waals surface area contributed by atoms with Gasteiger partial charge in [0.15, 0.2) is 0 Å². The molecule has 0 amide bonds. The van der Waals surface area contributed by atoms with Crippen LogP contribution < -0.4 is 5.32 Å². The molecular formula is C7H17BrN2. The van der Waals surface area contributed by atoms with Gasteiger partial charge in [-0.05, 0) is 26.9 Å². The van der Waals surface area contributed by atoms with Crippen molar-refractivity contribution in [3.8, 4) is 0 Å². The van der Waals surface area contributed by atoms with Gasteiger partial charge in [-0.15, -0.1) is 0 Å². The van der Waals surface area contributed by atoms with Gasteiger partial charge in [0.2, 0.25) is 0 Å². The molecular weight excluding hydrogens is 192 g/mol. The molecule has 0 fully saturated rings. The minimum atomic E-state index is 0.667. The first-order valence-electron chi connectivity index (χ1n) is 3.74. The first kappa shape index (κ1) is 10.4. The molecule has 1 N–H and O–H groups in total. The zero-order valence-corrected chi connectivity index (χ0v) is 8.61. The Kier molecular flexibility index (Phi) is 6.38. The van der Waals surface area contributed by atoms with Crippen LogP contribution in [0.1, 0.15) is 19.8 Å². The van der Waals surface area contributed by atoms with Gasteiger partial charge in [0.1, 0.15) is 0 Å². The van der Waals surface area contributed by atoms with Crippen molar-refractivity contribution in [3.05, 3.63) is 0 Å². The van der Waals surface area contributed by atoms with Gasteiger partial charge >= 0.3 is 0 Å². The molecule has 1 atom stereocenters. The average Bonchev–Trinajstić information content (AvgIpc) is 1.90. The van der Waals surface area contributed by atoms with E-state index < -0.39 is 0 Å². The second kappa shape index (κ2) is 6.13. The number of nitrogens with one attached hydrogen (secondary N) is 1. The van der Waals surface area contributed by atoms with E-state index in [-0.39, 0.29) is 0 Å². The molecule has 2 nitrogen and oxygen atoms in total. The molecule has 0 aromatic rings. The molecule has 0 aliphatic rings. The average molecular weight is 209 g/mol. The predicted octanol–water partition coefficient (Wildman–Crippen LogP) is 1.62. The summed E-state index contributed by atoms with van der Waals surface area (Å²) < 4.78 is 2.03. The van der Waals surface area contributed by atoms with Crippen LogP contribution in [0, 0.1) is 0 Å². The van der Waals surface area contributed by atoms with Crippen molar-refractivity contribution >= 4 is 16.1 Å². The van der Waals surface area contributed by atoms with Gasteiger partial charge < -0.3 is 5.32 Å². The van der Waals surface area contributed by atoms with Crippen LogP contribution in [0.2, 0.25) is 0 Å². The number of halogens is 1. The van der Waals surface area contributed by atoms with Gasteiger partial charge in [-0.3, -0.25) is 0 Å². The van der Waals surface area contributed by atoms with Crippen molar-refractivity contribution in [2.24, 2.45) is 0 Å². The summed E-state index contributed by atoms with van der Waals surface area (Å²) in [6, 6.07) is 0.667. The number of hydrogen-bond donors (Lipinski definition) is 1. The zero-order valence-electron chi connectivity index (χ0n) is 7.02. The maximum absolute atomic E-state index is 3.37. The highest BCUT2D eigenvalue weighted by Gasteiger charge is 2.02. The number of hydrogen-bond acceptors (Lipinski definition) is 2. The molecule has 0 saturated carbocycles. The topological polar surface area (TPSA) is 15.3 Å². The summed E-state index contributed by atoms with van der Waals surface area (Å²) in [5.41, 5.74) is 0. The Morgan fingerprint density at radius 2 is 2.20 bits per heavy atom. The van der Waals surface area contributed by atoms with Crippen molar-refractivity contribution in [1.29, 1.82) is 0 Å². The second-order valence-corrected chi connectivity index (χ2v) is 3.72. The standard InChI is InChI=1S/C7H17BrN2/c1-4-7(9-2)5-6-10(3)8/h7,9H,4-6H2,1-3H3. The monoisotopic (exact) mass is 208 g/mol. The van der Waals surface area contributed by atoms with Crippen LogP contribution in [0.3, 0.4) is 0 Å². The minimum absolute atomic E-state index is 0.667. The summed E-state index contributed by atoms with van der Waals surface area (Å²) in [6.07, 6.45) is 2.41. The quantitative estimate of drug-likeness (QED) is 0.692. The van der Waals surface area contributed by atoms with E-state index in [1.54, 1.807) is 0 Å². The van der Waals surface area contributed by atoms with E-state index in [1.807, 2.05) is 18.0 Å². The van der Waals surface area contributed by atoms with E-state index >= 15 is 0 Å². The van der Waals surface area contributed by atoms with Crippen LogP contribution in [0.5, 0.6) is 0 Å². The third-order valence-corrected chi connectivity index (χ3v) is 2.04. The highest BCUT2D eigenvalue weighted by atomic mass is 79.9. The molecule has 1 unspecified atom stereocenters. The molecule has 0 bridgehead atoms. The predicted molar refractivity (Wildman–Crippen MR) is 49.3 cm³/mol. The molecule has 62 valence electrons. The Morgan fingerprint density at radius 3 is 2.50 bits per heavy atom. The van der Waals surface area contributed by atoms with Crippen LogP contribution in [0.4, 0.5) is 0 Å². The first-order chi connectivity index (χ1) is 4.70. The molecule has 0 aromatic heterocycles. The fourth-order valence-corrected chi connectivity index (χ4v) is 1.09. The van der Waals surface area contributed by atoms with Gasteiger partial charge in [-0.2, -0.15) is 0 Å². The Labute approximate surface area is 72.3 Å². The van der Waals surface area contributed by atoms with Crippen LogP contribution >= 0.6 is 16.1 Å². The lowest BCUT2D eigenvalue weighted by molar-refractivity contribution is 0.450. The van der Waals surface area contributed by atoms with Gasteiger partial charge in [0.25, 0.3) is 0 Å². The maximum atomic E-state index is 3.37. The van der Waals surface area contributed by atoms with Crippen molar-refractivity contribution in [2.45, 2.75) is 25.8 Å². The minimum Gasteiger partial charge on any atom is -0.317 e. The Bertz CT molecular complexity index is 72.0. The fourth-order valence-electron chi connectivity index (χ4n) is 0.886. The fraction of sp³-hybridized carbons (Fsp3) is 1.00. The van der Waals surface area contributed by atoms with Gasteiger partial charge in [0.05, 0.1) is 0 Å². The molecule has 0 aliphatic heterocycles. The van der Waals surface area contributed by atoms with Crippen LogP contribution in [-0.4, -0.2) is 30.6 Å². The Balaban J connectivity index is 3.26. The lowest BCUT2D eigenvalue weighted by Crippen LogP contribution is -2.27. The summed E-state index contributed by atoms with van der Waals surface area (Å²) in [5.74, 6) is 0. The van der Waals surface area contributed by atoms with Crippen LogP contribution in [0.25, 0.3) is 0 Å². The van der Waals surface area contributed by atoms with Crippen molar-refractivity contribution in [2.75, 3.05) is 20.6 Å². The maximum Gasteiger partial charge on any atom is 0.0117 e. The highest BCUT2D eigenvalue weighted by molar-refractivity contribution is 9.07. The van der Waals surface area contributed by atoms with E-state index in [0.717, 1.165) is 6.54 Å². The van der Waals surface area contributed by atoms with E-state index in [9.17, 15) is 0 Å². The van der Waals surface area contributed by atoms with Crippen molar-refractivity contribution in [1.82, 2.24) is 9.24 Å². The normalized spacial score (nSPS) is 14.1. The molecule has 0 spiro atoms. The Morgan fingerprint density at radius 1 is 1.60 bits per heavy atom. The first-order valence-corrected chi connectivity index (χ1v) is 4.45. The molecule has 0 rings (SSSR count). The summed E-state index contributed by atoms with van der Waals surface area (Å²) in [7, 11) is 4.05. The SMILES string of the molecule is CCC(CCN(C)Br)NC. The van der Waals surface area contributed by atoms with Crippen molar-refractivity contribution < 1.29 is 0 Å². The summed E-state index contributed by atoms with van der Waals surface area (Å²) >= 11 is 3.37. The number of nitrogens with zero attached hydrogens (tertiary/aromatic N) is 1. The van der Waals surface area contributed by atoms with E-state index in [4.69, 9.17) is 0 Å². The number of rotatable bonds is 5. The zero-order chi connectivity index (χ0) is 7.98. The van der Waals surface area contributed by atoms with E-state index in [1.165, 1.54) is 12.8 Å². The van der Waals surface area contributed by atoms with E-state index in [0.29, 0.717) is 6.04 Å². The van der Waals surface area contributed by atoms with E-state index in [2.05, 4.69) is 28.4 Å². The third-order valence-electron chi connectivity index (χ3n) is 1.69. The lowest BCUT2D eigenvalue weighted by atomic mass is 10.1. The highest BCUT2D eigenvalue weighted by Crippen LogP contribution is 2.00. The van der Waals surface area contributed by atoms with Gasteiger partial charge in [-0.25, -0.2) is 3.93 Å². The molecule has 3 heteroatoms. The van der Waals surface area contributed by atoms with Gasteiger partial charge in [-0.1, -0.05) is 6.92 Å². The summed E-state index contributed by atoms with van der Waals surface area (Å²) in [6.45, 7) is 3.30. The third kappa shape index (κ3) is 5.21. The molecule has 0 heterocycles. The molecule has 0 aliphatic carbocycles. The van der Waals surface area contributed by atoms with Crippen LogP contribution in [0.15, 0.2) is 0 Å². The molecule has 0 saturated heterocycles. The molecule has 0 radical (unpaired) electrons.